The van der Waals surface area contributed by atoms with Crippen LogP contribution in [0.1, 0.15) is 63.2 Å². The fourth-order valence-corrected chi connectivity index (χ4v) is 8.44. The molecule has 1 amide bonds. The summed E-state index contributed by atoms with van der Waals surface area (Å²) in [5.41, 5.74) is -0.388. The van der Waals surface area contributed by atoms with Crippen LogP contribution in [0.15, 0.2) is 77.6 Å². The molecule has 0 aliphatic heterocycles. The van der Waals surface area contributed by atoms with Crippen molar-refractivity contribution < 1.29 is 39.9 Å². The zero-order valence-corrected chi connectivity index (χ0v) is 37.3. The number of hydrogen-bond donors (Lipinski definition) is 1. The third-order valence-corrected chi connectivity index (χ3v) is 13.7. The number of sulfonamides is 1. The number of aryl methyl sites for hydroxylation is 1. The quantitative estimate of drug-likeness (QED) is 0.132. The largest absolute Gasteiger partial charge is 0.497 e. The number of alkyl carbamates (subject to hydrolysis) is 1. The highest BCUT2D eigenvalue weighted by Gasteiger charge is 2.34. The van der Waals surface area contributed by atoms with Crippen LogP contribution in [0.3, 0.4) is 0 Å². The Balaban J connectivity index is 1.68. The fraction of sp³-hybridized carbons (Fsp3) is 0.333. The molecule has 2 heterocycles. The molecule has 1 atom stereocenters. The van der Waals surface area contributed by atoms with E-state index in [1.54, 1.807) is 45.0 Å². The molecule has 0 bridgehead atoms. The zero-order chi connectivity index (χ0) is 45.0. The van der Waals surface area contributed by atoms with Crippen molar-refractivity contribution in [3.8, 4) is 11.4 Å². The Labute approximate surface area is 357 Å². The van der Waals surface area contributed by atoms with Gasteiger partial charge in [0.1, 0.15) is 28.8 Å². The number of carbonyl (C=O) groups excluding carboxylic acids is 1. The molecule has 0 unspecified atom stereocenters. The van der Waals surface area contributed by atoms with Crippen molar-refractivity contribution >= 4 is 65.2 Å². The average Bonchev–Trinajstić information content (AvgIpc) is 3.49. The fourth-order valence-electron chi connectivity index (χ4n) is 6.82. The maximum absolute atomic E-state index is 15.1. The minimum Gasteiger partial charge on any atom is -0.497 e. The number of aromatic nitrogens is 4. The predicted octanol–water partition coefficient (Wildman–Crippen LogP) is 7.27. The number of halogens is 3. The van der Waals surface area contributed by atoms with E-state index in [-0.39, 0.29) is 62.7 Å². The lowest BCUT2D eigenvalue weighted by molar-refractivity contribution is 0.0500. The molecule has 0 fully saturated rings. The van der Waals surface area contributed by atoms with E-state index in [4.69, 9.17) is 26.1 Å². The molecular formula is C42H45ClF2N6O8S2. The van der Waals surface area contributed by atoms with Gasteiger partial charge in [0.2, 0.25) is 10.0 Å². The lowest BCUT2D eigenvalue weighted by Crippen LogP contribution is -2.39. The number of sulfone groups is 1. The van der Waals surface area contributed by atoms with Crippen LogP contribution in [0.2, 0.25) is 5.02 Å². The summed E-state index contributed by atoms with van der Waals surface area (Å²) >= 11 is 6.89. The molecule has 324 valence electrons. The number of nitrogens with one attached hydrogen (secondary N) is 1. The normalized spacial score (nSPS) is 13.0. The number of nitrogens with zero attached hydrogens (tertiary/aromatic N) is 5. The molecule has 61 heavy (non-hydrogen) atoms. The van der Waals surface area contributed by atoms with E-state index in [1.165, 1.54) is 67.6 Å². The molecular weight excluding hydrogens is 854 g/mol. The van der Waals surface area contributed by atoms with Crippen molar-refractivity contribution in [2.75, 3.05) is 23.9 Å². The van der Waals surface area contributed by atoms with Crippen molar-refractivity contribution in [3.05, 3.63) is 122 Å². The number of anilines is 1. The second-order valence-corrected chi connectivity index (χ2v) is 21.0. The van der Waals surface area contributed by atoms with Crippen LogP contribution >= 0.6 is 11.6 Å². The number of amides is 1. The van der Waals surface area contributed by atoms with Crippen LogP contribution < -0.4 is 19.9 Å². The van der Waals surface area contributed by atoms with E-state index in [9.17, 15) is 30.4 Å². The van der Waals surface area contributed by atoms with Gasteiger partial charge in [-0.2, -0.15) is 5.10 Å². The Morgan fingerprint density at radius 1 is 0.918 bits per heavy atom. The summed E-state index contributed by atoms with van der Waals surface area (Å²) in [7, 11) is -4.70. The van der Waals surface area contributed by atoms with E-state index in [0.717, 1.165) is 28.9 Å². The van der Waals surface area contributed by atoms with Crippen LogP contribution in [-0.2, 0) is 49.4 Å². The smallest absolute Gasteiger partial charge is 0.408 e. The van der Waals surface area contributed by atoms with Gasteiger partial charge in [-0.1, -0.05) is 29.8 Å². The molecule has 0 aliphatic carbocycles. The second-order valence-electron chi connectivity index (χ2n) is 16.2. The standard InChI is InChI=1S/C42H45ClF2N6O8S2/c1-41(2,3)59-40(53)47-33(20-25-18-27(44)22-28(45)19-25)37-46-32-21-26(42(4,5)60(8,54)55)12-15-30(32)39(52)51(37)34-17-16-31(43)35-36(34)49(6)48-38(35)50(61(9,56)57)23-24-10-13-29(58-7)14-11-24/h10-19,21-22,33H,20,23H2,1-9H3,(H,47,53)/t33-/m0/s1. The Bertz CT molecular complexity index is 2970. The average molecular weight is 899 g/mol. The first-order chi connectivity index (χ1) is 28.3. The number of rotatable bonds is 12. The SMILES string of the molecule is COc1ccc(CN(c2nn(C)c3c(-n4c([C@H](Cc5cc(F)cc(F)c5)NC(=O)OC(C)(C)C)nc5cc(C(C)(C)S(C)(=O)=O)ccc5c4=O)ccc(Cl)c23)S(C)(=O)=O)cc1. The molecule has 0 saturated carbocycles. The molecule has 4 aromatic carbocycles. The van der Waals surface area contributed by atoms with Crippen LogP contribution in [0.5, 0.6) is 5.75 Å². The molecule has 6 aromatic rings. The van der Waals surface area contributed by atoms with Crippen molar-refractivity contribution in [1.82, 2.24) is 24.6 Å². The number of carbonyl (C=O) groups is 1. The minimum atomic E-state index is -4.04. The molecule has 1 N–H and O–H groups in total. The summed E-state index contributed by atoms with van der Waals surface area (Å²) in [6, 6.07) is 15.6. The maximum Gasteiger partial charge on any atom is 0.408 e. The first kappa shape index (κ1) is 44.9. The van der Waals surface area contributed by atoms with Crippen LogP contribution in [-0.4, -0.2) is 67.5 Å². The van der Waals surface area contributed by atoms with Crippen LogP contribution in [0.25, 0.3) is 27.5 Å². The predicted molar refractivity (Wildman–Crippen MR) is 231 cm³/mol. The van der Waals surface area contributed by atoms with Gasteiger partial charge in [-0.25, -0.2) is 39.7 Å². The van der Waals surface area contributed by atoms with Crippen molar-refractivity contribution in [2.45, 2.75) is 64.0 Å². The van der Waals surface area contributed by atoms with E-state index >= 15 is 4.79 Å². The van der Waals surface area contributed by atoms with E-state index in [1.807, 2.05) is 0 Å². The molecule has 14 nitrogen and oxygen atoms in total. The highest BCUT2D eigenvalue weighted by Crippen LogP contribution is 2.39. The maximum atomic E-state index is 15.1. The molecule has 2 aromatic heterocycles. The van der Waals surface area contributed by atoms with Gasteiger partial charge in [0.05, 0.1) is 63.2 Å². The van der Waals surface area contributed by atoms with E-state index in [0.29, 0.717) is 22.9 Å². The van der Waals surface area contributed by atoms with Crippen LogP contribution in [0.4, 0.5) is 19.4 Å². The van der Waals surface area contributed by atoms with Crippen LogP contribution in [0, 0.1) is 11.6 Å². The lowest BCUT2D eigenvalue weighted by Gasteiger charge is -2.26. The van der Waals surface area contributed by atoms with Gasteiger partial charge in [-0.3, -0.25) is 14.0 Å². The summed E-state index contributed by atoms with van der Waals surface area (Å²) < 4.78 is 95.2. The van der Waals surface area contributed by atoms with Gasteiger partial charge in [0.25, 0.3) is 5.56 Å². The summed E-state index contributed by atoms with van der Waals surface area (Å²) in [6.45, 7) is 7.77. The zero-order valence-electron chi connectivity index (χ0n) is 34.9. The first-order valence-electron chi connectivity index (χ1n) is 18.8. The monoisotopic (exact) mass is 898 g/mol. The Hall–Kier alpha value is -5.59. The Morgan fingerprint density at radius 3 is 2.13 bits per heavy atom. The second kappa shape index (κ2) is 16.4. The number of hydrogen-bond acceptors (Lipinski definition) is 10. The molecule has 0 saturated heterocycles. The highest BCUT2D eigenvalue weighted by molar-refractivity contribution is 7.92. The summed E-state index contributed by atoms with van der Waals surface area (Å²) in [4.78, 5) is 33.5. The third kappa shape index (κ3) is 9.35. The molecule has 0 radical (unpaired) electrons. The number of methoxy groups -OCH3 is 1. The van der Waals surface area contributed by atoms with Gasteiger partial charge in [-0.15, -0.1) is 0 Å². The van der Waals surface area contributed by atoms with Gasteiger partial charge in [-0.05, 0) is 99.8 Å². The minimum absolute atomic E-state index is 0.0346. The highest BCUT2D eigenvalue weighted by atomic mass is 35.5. The van der Waals surface area contributed by atoms with Crippen molar-refractivity contribution in [3.63, 3.8) is 0 Å². The third-order valence-electron chi connectivity index (χ3n) is 10.1. The Morgan fingerprint density at radius 2 is 1.56 bits per heavy atom. The van der Waals surface area contributed by atoms with Gasteiger partial charge >= 0.3 is 6.09 Å². The number of benzene rings is 4. The summed E-state index contributed by atoms with van der Waals surface area (Å²) in [6.07, 6.45) is 0.834. The summed E-state index contributed by atoms with van der Waals surface area (Å²) in [5.74, 6) is -1.44. The molecule has 0 spiro atoms. The molecule has 19 heteroatoms. The van der Waals surface area contributed by atoms with Crippen molar-refractivity contribution in [1.29, 1.82) is 0 Å². The van der Waals surface area contributed by atoms with E-state index < -0.39 is 59.5 Å². The van der Waals surface area contributed by atoms with Gasteiger partial charge in [0.15, 0.2) is 15.7 Å². The molecule has 0 aliphatic rings. The first-order valence-corrected chi connectivity index (χ1v) is 22.9. The van der Waals surface area contributed by atoms with E-state index in [2.05, 4.69) is 10.4 Å². The number of ether oxygens (including phenoxy) is 2. The summed E-state index contributed by atoms with van der Waals surface area (Å²) in [5, 5.41) is 7.62. The van der Waals surface area contributed by atoms with Gasteiger partial charge < -0.3 is 14.8 Å². The molecule has 6 rings (SSSR count). The Kier molecular flexibility index (Phi) is 12.1. The lowest BCUT2D eigenvalue weighted by atomic mass is 10.00. The van der Waals surface area contributed by atoms with Crippen molar-refractivity contribution in [2.24, 2.45) is 7.05 Å². The number of fused-ring (bicyclic) bond motifs is 2. The van der Waals surface area contributed by atoms with Gasteiger partial charge in [0, 0.05) is 25.8 Å². The topological polar surface area (TPSA) is 172 Å².